The van der Waals surface area contributed by atoms with Crippen molar-refractivity contribution < 1.29 is 8.42 Å². The normalized spacial score (nSPS) is 19.2. The highest BCUT2D eigenvalue weighted by Gasteiger charge is 2.32. The number of unbranched alkanes of at least 4 members (excludes halogenated alkanes) is 1. The van der Waals surface area contributed by atoms with Crippen molar-refractivity contribution in [1.82, 2.24) is 5.32 Å². The lowest BCUT2D eigenvalue weighted by atomic mass is 9.77. The molecule has 1 atom stereocenters. The molecule has 4 heteroatoms. The van der Waals surface area contributed by atoms with Gasteiger partial charge in [-0.15, -0.1) is 0 Å². The molecule has 0 spiro atoms. The highest BCUT2D eigenvalue weighted by Crippen LogP contribution is 2.34. The van der Waals surface area contributed by atoms with Crippen molar-refractivity contribution >= 4 is 9.84 Å². The van der Waals surface area contributed by atoms with E-state index in [2.05, 4.69) is 19.2 Å². The average molecular weight is 304 g/mol. The maximum absolute atomic E-state index is 12.1. The summed E-state index contributed by atoms with van der Waals surface area (Å²) in [4.78, 5) is 0. The Hall–Kier alpha value is -0.0900. The van der Waals surface area contributed by atoms with Crippen LogP contribution in [-0.4, -0.2) is 32.0 Å². The van der Waals surface area contributed by atoms with E-state index in [1.165, 1.54) is 25.7 Å². The predicted molar refractivity (Wildman–Crippen MR) is 86.8 cm³/mol. The average Bonchev–Trinajstić information content (AvgIpc) is 3.22. The molecule has 20 heavy (non-hydrogen) atoms. The Bertz CT molecular complexity index is 374. The molecule has 0 aromatic rings. The molecule has 1 saturated carbocycles. The largest absolute Gasteiger partial charge is 0.313 e. The van der Waals surface area contributed by atoms with Crippen LogP contribution in [0.1, 0.15) is 72.6 Å². The van der Waals surface area contributed by atoms with Crippen molar-refractivity contribution in [1.29, 1.82) is 0 Å². The Kier molecular flexibility index (Phi) is 6.99. The highest BCUT2D eigenvalue weighted by atomic mass is 32.2. The minimum atomic E-state index is -2.92. The molecule has 1 aliphatic carbocycles. The van der Waals surface area contributed by atoms with E-state index in [4.69, 9.17) is 0 Å². The molecule has 0 aromatic carbocycles. The fraction of sp³-hybridized carbons (Fsp3) is 1.00. The summed E-state index contributed by atoms with van der Waals surface area (Å²) < 4.78 is 24.2. The molecule has 0 aliphatic heterocycles. The maximum atomic E-state index is 12.1. The van der Waals surface area contributed by atoms with Gasteiger partial charge in [0.15, 0.2) is 9.84 Å². The molecule has 3 nitrogen and oxygen atoms in total. The van der Waals surface area contributed by atoms with Gasteiger partial charge in [-0.05, 0) is 51.4 Å². The lowest BCUT2D eigenvalue weighted by Gasteiger charge is -2.34. The second kappa shape index (κ2) is 7.79. The van der Waals surface area contributed by atoms with Gasteiger partial charge in [0, 0.05) is 12.6 Å². The lowest BCUT2D eigenvalue weighted by Crippen LogP contribution is -2.37. The molecule has 1 fully saturated rings. The quantitative estimate of drug-likeness (QED) is 0.635. The van der Waals surface area contributed by atoms with Crippen LogP contribution in [0, 0.1) is 5.41 Å². The first-order chi connectivity index (χ1) is 9.35. The van der Waals surface area contributed by atoms with Crippen LogP contribution in [0.5, 0.6) is 0 Å². The Balaban J connectivity index is 2.63. The molecule has 0 bridgehead atoms. The van der Waals surface area contributed by atoms with Crippen molar-refractivity contribution in [3.8, 4) is 0 Å². The van der Waals surface area contributed by atoms with E-state index in [9.17, 15) is 8.42 Å². The number of sulfone groups is 1. The molecule has 1 rings (SSSR count). The standard InChI is InChI=1S/C16H33NO2S/c1-5-7-10-16(6-2,13-17-15-8-9-15)11-12-20(18,19)14(3)4/h14-15,17H,5-13H2,1-4H3. The molecule has 0 radical (unpaired) electrons. The van der Waals surface area contributed by atoms with Gasteiger partial charge in [-0.2, -0.15) is 0 Å². The molecule has 0 aromatic heterocycles. The molecule has 0 amide bonds. The molecule has 1 aliphatic rings. The van der Waals surface area contributed by atoms with Crippen LogP contribution in [0.25, 0.3) is 0 Å². The Morgan fingerprint density at radius 3 is 2.30 bits per heavy atom. The van der Waals surface area contributed by atoms with E-state index in [-0.39, 0.29) is 10.7 Å². The van der Waals surface area contributed by atoms with E-state index in [0.717, 1.165) is 25.8 Å². The van der Waals surface area contributed by atoms with E-state index >= 15 is 0 Å². The SMILES string of the molecule is CCCCC(CC)(CCS(=O)(=O)C(C)C)CNC1CC1. The summed E-state index contributed by atoms with van der Waals surface area (Å²) in [6.07, 6.45) is 7.98. The van der Waals surface area contributed by atoms with Crippen LogP contribution in [0.3, 0.4) is 0 Å². The minimum Gasteiger partial charge on any atom is -0.313 e. The van der Waals surface area contributed by atoms with Crippen molar-refractivity contribution in [3.63, 3.8) is 0 Å². The van der Waals surface area contributed by atoms with Crippen molar-refractivity contribution in [3.05, 3.63) is 0 Å². The second-order valence-corrected chi connectivity index (χ2v) is 9.45. The third-order valence-corrected chi connectivity index (χ3v) is 7.00. The summed E-state index contributed by atoms with van der Waals surface area (Å²) in [5, 5.41) is 3.38. The van der Waals surface area contributed by atoms with Crippen molar-refractivity contribution in [2.24, 2.45) is 5.41 Å². The zero-order chi connectivity index (χ0) is 15.2. The lowest BCUT2D eigenvalue weighted by molar-refractivity contribution is 0.221. The molecule has 1 N–H and O–H groups in total. The number of hydrogen-bond acceptors (Lipinski definition) is 3. The van der Waals surface area contributed by atoms with E-state index in [0.29, 0.717) is 11.8 Å². The van der Waals surface area contributed by atoms with Crippen LogP contribution in [0.4, 0.5) is 0 Å². The molecular weight excluding hydrogens is 270 g/mol. The van der Waals surface area contributed by atoms with Gasteiger partial charge in [0.25, 0.3) is 0 Å². The second-order valence-electron chi connectivity index (χ2n) is 6.78. The van der Waals surface area contributed by atoms with Crippen LogP contribution < -0.4 is 5.32 Å². The van der Waals surface area contributed by atoms with Crippen molar-refractivity contribution in [2.45, 2.75) is 83.9 Å². The number of hydrogen-bond donors (Lipinski definition) is 1. The van der Waals surface area contributed by atoms with Crippen molar-refractivity contribution in [2.75, 3.05) is 12.3 Å². The topological polar surface area (TPSA) is 46.2 Å². The Labute approximate surface area is 125 Å². The Morgan fingerprint density at radius 2 is 1.85 bits per heavy atom. The summed E-state index contributed by atoms with van der Waals surface area (Å²) in [6, 6.07) is 0.698. The zero-order valence-corrected chi connectivity index (χ0v) is 14.6. The monoisotopic (exact) mass is 303 g/mol. The highest BCUT2D eigenvalue weighted by molar-refractivity contribution is 7.91. The molecule has 0 heterocycles. The smallest absolute Gasteiger partial charge is 0.152 e. The first kappa shape index (κ1) is 18.0. The predicted octanol–water partition coefficient (Wildman–Crippen LogP) is 3.54. The maximum Gasteiger partial charge on any atom is 0.152 e. The van der Waals surface area contributed by atoms with Crippen LogP contribution in [0.15, 0.2) is 0 Å². The zero-order valence-electron chi connectivity index (χ0n) is 13.7. The Morgan fingerprint density at radius 1 is 1.20 bits per heavy atom. The third-order valence-electron chi connectivity index (χ3n) is 4.79. The van der Waals surface area contributed by atoms with Gasteiger partial charge >= 0.3 is 0 Å². The van der Waals surface area contributed by atoms with Crippen LogP contribution >= 0.6 is 0 Å². The summed E-state index contributed by atoms with van der Waals surface area (Å²) in [5.41, 5.74) is 0.167. The van der Waals surface area contributed by atoms with E-state index in [1.54, 1.807) is 13.8 Å². The van der Waals surface area contributed by atoms with Gasteiger partial charge in [-0.25, -0.2) is 8.42 Å². The van der Waals surface area contributed by atoms with Gasteiger partial charge in [0.05, 0.1) is 11.0 Å². The van der Waals surface area contributed by atoms with Gasteiger partial charge in [0.1, 0.15) is 0 Å². The van der Waals surface area contributed by atoms with Gasteiger partial charge in [-0.3, -0.25) is 0 Å². The first-order valence-electron chi connectivity index (χ1n) is 8.30. The van der Waals surface area contributed by atoms with Crippen LogP contribution in [0.2, 0.25) is 0 Å². The molecular formula is C16H33NO2S. The molecule has 0 saturated heterocycles. The van der Waals surface area contributed by atoms with E-state index < -0.39 is 9.84 Å². The van der Waals surface area contributed by atoms with Gasteiger partial charge in [-0.1, -0.05) is 26.7 Å². The van der Waals surface area contributed by atoms with Gasteiger partial charge in [0.2, 0.25) is 0 Å². The summed E-state index contributed by atoms with van der Waals surface area (Å²) in [7, 11) is -2.92. The first-order valence-corrected chi connectivity index (χ1v) is 10.0. The summed E-state index contributed by atoms with van der Waals surface area (Å²) in [5.74, 6) is 0.342. The third kappa shape index (κ3) is 5.72. The van der Waals surface area contributed by atoms with E-state index in [1.807, 2.05) is 0 Å². The van der Waals surface area contributed by atoms with Crippen LogP contribution in [-0.2, 0) is 9.84 Å². The summed E-state index contributed by atoms with van der Waals surface area (Å²) in [6.45, 7) is 8.99. The fourth-order valence-electron chi connectivity index (χ4n) is 2.57. The minimum absolute atomic E-state index is 0.167. The number of rotatable bonds is 11. The number of nitrogens with one attached hydrogen (secondary N) is 1. The summed E-state index contributed by atoms with van der Waals surface area (Å²) >= 11 is 0. The molecule has 120 valence electrons. The fourth-order valence-corrected chi connectivity index (χ4v) is 3.76. The van der Waals surface area contributed by atoms with Gasteiger partial charge < -0.3 is 5.32 Å². The molecule has 1 unspecified atom stereocenters.